The largest absolute Gasteiger partial charge is 0.339 e. The smallest absolute Gasteiger partial charge is 0.231 e. The zero-order valence-corrected chi connectivity index (χ0v) is 8.60. The topological polar surface area (TPSA) is 64.9 Å². The molecule has 78 valence electrons. The predicted molar refractivity (Wildman–Crippen MR) is 56.2 cm³/mol. The molecule has 0 fully saturated rings. The first-order valence-corrected chi connectivity index (χ1v) is 4.85. The second-order valence-electron chi connectivity index (χ2n) is 3.38. The van der Waals surface area contributed by atoms with Crippen LogP contribution in [0.1, 0.15) is 22.8 Å². The fraction of sp³-hybridized carbons (Fsp3) is 0.273. The molecule has 0 unspecified atom stereocenters. The third kappa shape index (κ3) is 2.22. The number of hydrogen-bond acceptors (Lipinski definition) is 4. The Bertz CT molecular complexity index is 451. The van der Waals surface area contributed by atoms with Gasteiger partial charge in [-0.2, -0.15) is 4.98 Å². The van der Waals surface area contributed by atoms with Gasteiger partial charge >= 0.3 is 0 Å². The number of rotatable bonds is 3. The fourth-order valence-electron chi connectivity index (χ4n) is 1.50. The molecule has 2 N–H and O–H groups in total. The third-order valence-electron chi connectivity index (χ3n) is 2.25. The molecule has 0 amide bonds. The maximum atomic E-state index is 5.64. The van der Waals surface area contributed by atoms with Crippen LogP contribution in [0.25, 0.3) is 0 Å². The lowest BCUT2D eigenvalue weighted by Gasteiger charge is -2.03. The van der Waals surface area contributed by atoms with Crippen molar-refractivity contribution in [2.45, 2.75) is 19.9 Å². The zero-order valence-electron chi connectivity index (χ0n) is 8.60. The number of nitrogens with zero attached hydrogens (tertiary/aromatic N) is 2. The highest BCUT2D eigenvalue weighted by Crippen LogP contribution is 2.12. The molecular weight excluding hydrogens is 190 g/mol. The van der Waals surface area contributed by atoms with E-state index in [0.717, 1.165) is 11.1 Å². The standard InChI is InChI=1S/C11H13N3O/c1-8-13-11(15-14-8)6-9-4-2-3-5-10(9)7-12/h2-5H,6-7,12H2,1H3. The van der Waals surface area contributed by atoms with Gasteiger partial charge < -0.3 is 10.3 Å². The predicted octanol–water partition coefficient (Wildman–Crippen LogP) is 1.43. The van der Waals surface area contributed by atoms with E-state index in [-0.39, 0.29) is 0 Å². The van der Waals surface area contributed by atoms with Crippen LogP contribution in [0.4, 0.5) is 0 Å². The van der Waals surface area contributed by atoms with E-state index in [9.17, 15) is 0 Å². The minimum atomic E-state index is 0.531. The van der Waals surface area contributed by atoms with Crippen molar-refractivity contribution in [3.63, 3.8) is 0 Å². The average molecular weight is 203 g/mol. The second-order valence-corrected chi connectivity index (χ2v) is 3.38. The van der Waals surface area contributed by atoms with Gasteiger partial charge in [0.1, 0.15) is 0 Å². The van der Waals surface area contributed by atoms with Crippen LogP contribution in [0.2, 0.25) is 0 Å². The van der Waals surface area contributed by atoms with Crippen molar-refractivity contribution < 1.29 is 4.52 Å². The molecule has 1 aromatic carbocycles. The number of nitrogens with two attached hydrogens (primary N) is 1. The Morgan fingerprint density at radius 3 is 2.60 bits per heavy atom. The van der Waals surface area contributed by atoms with Crippen LogP contribution in [0, 0.1) is 6.92 Å². The third-order valence-corrected chi connectivity index (χ3v) is 2.25. The van der Waals surface area contributed by atoms with Crippen LogP contribution in [-0.4, -0.2) is 10.1 Å². The summed E-state index contributed by atoms with van der Waals surface area (Å²) in [5.41, 5.74) is 7.90. The average Bonchev–Trinajstić information content (AvgIpc) is 2.65. The van der Waals surface area contributed by atoms with Crippen molar-refractivity contribution in [1.82, 2.24) is 10.1 Å². The van der Waals surface area contributed by atoms with Crippen molar-refractivity contribution >= 4 is 0 Å². The maximum absolute atomic E-state index is 5.64. The Labute approximate surface area is 88.1 Å². The second kappa shape index (κ2) is 4.23. The van der Waals surface area contributed by atoms with E-state index in [1.165, 1.54) is 0 Å². The summed E-state index contributed by atoms with van der Waals surface area (Å²) in [5.74, 6) is 1.30. The summed E-state index contributed by atoms with van der Waals surface area (Å²) in [6.07, 6.45) is 0.647. The number of benzene rings is 1. The molecule has 4 nitrogen and oxygen atoms in total. The van der Waals surface area contributed by atoms with Crippen LogP contribution in [0.5, 0.6) is 0 Å². The Balaban J connectivity index is 2.23. The summed E-state index contributed by atoms with van der Waals surface area (Å²) in [5, 5.41) is 3.75. The minimum Gasteiger partial charge on any atom is -0.339 e. The van der Waals surface area contributed by atoms with Gasteiger partial charge in [-0.25, -0.2) is 0 Å². The lowest BCUT2D eigenvalue weighted by atomic mass is 10.0. The molecule has 0 aliphatic heterocycles. The lowest BCUT2D eigenvalue weighted by molar-refractivity contribution is 0.381. The van der Waals surface area contributed by atoms with Crippen molar-refractivity contribution in [3.05, 3.63) is 47.1 Å². The van der Waals surface area contributed by atoms with Gasteiger partial charge in [0.2, 0.25) is 5.89 Å². The van der Waals surface area contributed by atoms with Crippen LogP contribution in [0.3, 0.4) is 0 Å². The summed E-state index contributed by atoms with van der Waals surface area (Å²) >= 11 is 0. The Hall–Kier alpha value is -1.68. The SMILES string of the molecule is Cc1noc(Cc2ccccc2CN)n1. The minimum absolute atomic E-state index is 0.531. The summed E-state index contributed by atoms with van der Waals surface area (Å²) in [6.45, 7) is 2.34. The Morgan fingerprint density at radius 2 is 2.00 bits per heavy atom. The summed E-state index contributed by atoms with van der Waals surface area (Å²) in [4.78, 5) is 4.16. The number of aryl methyl sites for hydroxylation is 1. The van der Waals surface area contributed by atoms with E-state index in [4.69, 9.17) is 10.3 Å². The van der Waals surface area contributed by atoms with Gasteiger partial charge in [-0.15, -0.1) is 0 Å². The van der Waals surface area contributed by atoms with Crippen LogP contribution in [-0.2, 0) is 13.0 Å². The van der Waals surface area contributed by atoms with Gasteiger partial charge in [-0.05, 0) is 18.1 Å². The molecule has 15 heavy (non-hydrogen) atoms. The number of aromatic nitrogens is 2. The van der Waals surface area contributed by atoms with Crippen molar-refractivity contribution in [3.8, 4) is 0 Å². The highest BCUT2D eigenvalue weighted by atomic mass is 16.5. The molecule has 1 aromatic heterocycles. The van der Waals surface area contributed by atoms with Crippen LogP contribution < -0.4 is 5.73 Å². The summed E-state index contributed by atoms with van der Waals surface area (Å²) in [6, 6.07) is 8.00. The molecule has 1 heterocycles. The quantitative estimate of drug-likeness (QED) is 0.819. The van der Waals surface area contributed by atoms with E-state index in [1.807, 2.05) is 31.2 Å². The highest BCUT2D eigenvalue weighted by Gasteiger charge is 2.06. The van der Waals surface area contributed by atoms with Gasteiger partial charge in [0.25, 0.3) is 0 Å². The molecule has 0 aliphatic carbocycles. The molecule has 0 radical (unpaired) electrons. The monoisotopic (exact) mass is 203 g/mol. The molecule has 0 aliphatic rings. The van der Waals surface area contributed by atoms with E-state index >= 15 is 0 Å². The zero-order chi connectivity index (χ0) is 10.7. The molecule has 0 atom stereocenters. The summed E-state index contributed by atoms with van der Waals surface area (Å²) in [7, 11) is 0. The first-order chi connectivity index (χ1) is 7.29. The highest BCUT2D eigenvalue weighted by molar-refractivity contribution is 5.28. The summed E-state index contributed by atoms with van der Waals surface area (Å²) < 4.78 is 5.07. The molecule has 0 saturated carbocycles. The van der Waals surface area contributed by atoms with E-state index in [0.29, 0.717) is 24.7 Å². The molecule has 0 spiro atoms. The molecule has 2 aromatic rings. The molecule has 0 saturated heterocycles. The van der Waals surface area contributed by atoms with Crippen molar-refractivity contribution in [2.75, 3.05) is 0 Å². The molecule has 2 rings (SSSR count). The van der Waals surface area contributed by atoms with Gasteiger partial charge in [-0.3, -0.25) is 0 Å². The maximum Gasteiger partial charge on any atom is 0.231 e. The lowest BCUT2D eigenvalue weighted by Crippen LogP contribution is -2.02. The van der Waals surface area contributed by atoms with E-state index in [1.54, 1.807) is 0 Å². The van der Waals surface area contributed by atoms with E-state index < -0.39 is 0 Å². The Morgan fingerprint density at radius 1 is 1.27 bits per heavy atom. The van der Waals surface area contributed by atoms with Crippen LogP contribution in [0.15, 0.2) is 28.8 Å². The first kappa shape index (κ1) is 9.86. The Kier molecular flexibility index (Phi) is 2.78. The fourth-order valence-corrected chi connectivity index (χ4v) is 1.50. The molecular formula is C11H13N3O. The van der Waals surface area contributed by atoms with Gasteiger partial charge in [-0.1, -0.05) is 29.4 Å². The van der Waals surface area contributed by atoms with Crippen molar-refractivity contribution in [1.29, 1.82) is 0 Å². The van der Waals surface area contributed by atoms with E-state index in [2.05, 4.69) is 10.1 Å². The number of hydrogen-bond donors (Lipinski definition) is 1. The van der Waals surface area contributed by atoms with Gasteiger partial charge in [0.15, 0.2) is 5.82 Å². The normalized spacial score (nSPS) is 10.5. The van der Waals surface area contributed by atoms with Gasteiger partial charge in [0, 0.05) is 6.54 Å². The molecule has 4 heteroatoms. The van der Waals surface area contributed by atoms with Crippen LogP contribution >= 0.6 is 0 Å². The molecule has 0 bridgehead atoms. The van der Waals surface area contributed by atoms with Crippen molar-refractivity contribution in [2.24, 2.45) is 5.73 Å². The van der Waals surface area contributed by atoms with Gasteiger partial charge in [0.05, 0.1) is 6.42 Å². The first-order valence-electron chi connectivity index (χ1n) is 4.85.